The third-order valence-corrected chi connectivity index (χ3v) is 2.56. The van der Waals surface area contributed by atoms with Gasteiger partial charge < -0.3 is 16.2 Å². The molecule has 2 unspecified atom stereocenters. The number of para-hydroxylation sites is 1. The van der Waals surface area contributed by atoms with Gasteiger partial charge in [0.1, 0.15) is 0 Å². The van der Waals surface area contributed by atoms with Gasteiger partial charge in [0.05, 0.1) is 11.7 Å². The molecule has 0 saturated carbocycles. The van der Waals surface area contributed by atoms with E-state index in [4.69, 9.17) is 5.73 Å². The van der Waals surface area contributed by atoms with Crippen LogP contribution in [0.15, 0.2) is 24.3 Å². The lowest BCUT2D eigenvalue weighted by atomic mass is 10.0. The van der Waals surface area contributed by atoms with Crippen LogP contribution in [-0.2, 0) is 0 Å². The Labute approximate surface area is 114 Å². The van der Waals surface area contributed by atoms with Crippen LogP contribution < -0.4 is 11.1 Å². The van der Waals surface area contributed by atoms with E-state index in [0.29, 0.717) is 24.2 Å². The molecule has 1 aromatic carbocycles. The lowest BCUT2D eigenvalue weighted by molar-refractivity contribution is 0.0940. The predicted molar refractivity (Wildman–Crippen MR) is 75.9 cm³/mol. The number of nitrogens with two attached hydrogens (primary N) is 1. The number of benzene rings is 1. The summed E-state index contributed by atoms with van der Waals surface area (Å²) in [5.74, 6) is 0.0735. The Morgan fingerprint density at radius 1 is 1.39 bits per heavy atom. The first kappa shape index (κ1) is 16.7. The summed E-state index contributed by atoms with van der Waals surface area (Å²) >= 11 is 0. The summed E-state index contributed by atoms with van der Waals surface area (Å²) in [5, 5.41) is 12.0. The first-order valence-corrected chi connectivity index (χ1v) is 5.81. The maximum Gasteiger partial charge on any atom is 0.253 e. The minimum atomic E-state index is -0.344. The number of nitrogens with one attached hydrogen (secondary N) is 1. The van der Waals surface area contributed by atoms with Gasteiger partial charge in [0, 0.05) is 12.2 Å². The van der Waals surface area contributed by atoms with E-state index in [9.17, 15) is 9.90 Å². The van der Waals surface area contributed by atoms with E-state index in [1.165, 1.54) is 0 Å². The number of halogens is 1. The average molecular weight is 273 g/mol. The smallest absolute Gasteiger partial charge is 0.253 e. The molecule has 0 aliphatic heterocycles. The summed E-state index contributed by atoms with van der Waals surface area (Å²) in [6.45, 7) is 4.27. The topological polar surface area (TPSA) is 75.3 Å². The van der Waals surface area contributed by atoms with Crippen molar-refractivity contribution in [2.45, 2.75) is 26.4 Å². The molecule has 0 saturated heterocycles. The Hall–Kier alpha value is -1.26. The number of aliphatic hydroxyl groups is 1. The highest BCUT2D eigenvalue weighted by atomic mass is 35.5. The largest absolute Gasteiger partial charge is 0.398 e. The van der Waals surface area contributed by atoms with Gasteiger partial charge >= 0.3 is 0 Å². The molecule has 0 aromatic heterocycles. The fourth-order valence-corrected chi connectivity index (χ4v) is 1.73. The van der Waals surface area contributed by atoms with Crippen LogP contribution in [0.4, 0.5) is 5.69 Å². The number of anilines is 1. The van der Waals surface area contributed by atoms with Crippen LogP contribution in [0, 0.1) is 5.92 Å². The number of amides is 1. The third kappa shape index (κ3) is 5.38. The summed E-state index contributed by atoms with van der Waals surface area (Å²) in [4.78, 5) is 11.8. The third-order valence-electron chi connectivity index (χ3n) is 2.56. The molecule has 0 radical (unpaired) electrons. The number of carbonyl (C=O) groups is 1. The molecule has 0 bridgehead atoms. The van der Waals surface area contributed by atoms with Crippen molar-refractivity contribution in [1.82, 2.24) is 5.32 Å². The number of hydrogen-bond acceptors (Lipinski definition) is 3. The van der Waals surface area contributed by atoms with Gasteiger partial charge in [-0.25, -0.2) is 0 Å². The van der Waals surface area contributed by atoms with Crippen molar-refractivity contribution in [1.29, 1.82) is 0 Å². The van der Waals surface area contributed by atoms with Gasteiger partial charge in [-0.2, -0.15) is 0 Å². The highest BCUT2D eigenvalue weighted by molar-refractivity contribution is 5.99. The molecule has 4 N–H and O–H groups in total. The van der Waals surface area contributed by atoms with Crippen molar-refractivity contribution in [3.63, 3.8) is 0 Å². The average Bonchev–Trinajstić information content (AvgIpc) is 2.25. The molecule has 18 heavy (non-hydrogen) atoms. The van der Waals surface area contributed by atoms with Crippen molar-refractivity contribution in [3.05, 3.63) is 29.8 Å². The van der Waals surface area contributed by atoms with Gasteiger partial charge in [-0.1, -0.05) is 19.1 Å². The number of aliphatic hydroxyl groups excluding tert-OH is 1. The molecule has 1 rings (SSSR count). The summed E-state index contributed by atoms with van der Waals surface area (Å²) < 4.78 is 0. The maximum absolute atomic E-state index is 11.8. The van der Waals surface area contributed by atoms with Crippen molar-refractivity contribution in [3.8, 4) is 0 Å². The molecule has 4 nitrogen and oxygen atoms in total. The van der Waals surface area contributed by atoms with Gasteiger partial charge in [-0.3, -0.25) is 4.79 Å². The van der Waals surface area contributed by atoms with Crippen molar-refractivity contribution in [2.75, 3.05) is 12.3 Å². The van der Waals surface area contributed by atoms with Gasteiger partial charge in [0.25, 0.3) is 5.91 Å². The van der Waals surface area contributed by atoms with Gasteiger partial charge in [0.15, 0.2) is 0 Å². The fraction of sp³-hybridized carbons (Fsp3) is 0.462. The van der Waals surface area contributed by atoms with E-state index in [1.807, 2.05) is 6.92 Å². The second-order valence-electron chi connectivity index (χ2n) is 4.49. The Kier molecular flexibility index (Phi) is 7.39. The van der Waals surface area contributed by atoms with Crippen LogP contribution in [0.3, 0.4) is 0 Å². The maximum atomic E-state index is 11.8. The Balaban J connectivity index is 0.00000289. The van der Waals surface area contributed by atoms with Crippen LogP contribution >= 0.6 is 12.4 Å². The summed E-state index contributed by atoms with van der Waals surface area (Å²) in [5.41, 5.74) is 6.68. The zero-order valence-electron chi connectivity index (χ0n) is 10.7. The van der Waals surface area contributed by atoms with Crippen molar-refractivity contribution < 1.29 is 9.90 Å². The Morgan fingerprint density at radius 3 is 2.56 bits per heavy atom. The standard InChI is InChI=1S/C13H20N2O2.ClH/c1-9(7-10(2)16)8-15-13(17)11-5-3-4-6-12(11)14;/h3-6,9-10,16H,7-8,14H2,1-2H3,(H,15,17);1H. The number of rotatable bonds is 5. The van der Waals surface area contributed by atoms with E-state index in [0.717, 1.165) is 0 Å². The number of carbonyl (C=O) groups excluding carboxylic acids is 1. The lowest BCUT2D eigenvalue weighted by Crippen LogP contribution is -2.30. The zero-order valence-corrected chi connectivity index (χ0v) is 11.5. The van der Waals surface area contributed by atoms with Gasteiger partial charge in [-0.15, -0.1) is 12.4 Å². The number of hydrogen-bond donors (Lipinski definition) is 3. The first-order valence-electron chi connectivity index (χ1n) is 5.81. The predicted octanol–water partition coefficient (Wildman–Crippen LogP) is 1.83. The van der Waals surface area contributed by atoms with Crippen LogP contribution in [0.1, 0.15) is 30.6 Å². The van der Waals surface area contributed by atoms with Crippen LogP contribution in [0.2, 0.25) is 0 Å². The molecule has 1 aromatic rings. The molecule has 0 heterocycles. The summed E-state index contributed by atoms with van der Waals surface area (Å²) in [6.07, 6.45) is 0.327. The molecule has 0 spiro atoms. The molecule has 102 valence electrons. The number of nitrogen functional groups attached to an aromatic ring is 1. The van der Waals surface area contributed by atoms with Crippen molar-refractivity contribution in [2.24, 2.45) is 5.92 Å². The van der Waals surface area contributed by atoms with Crippen LogP contribution in [0.5, 0.6) is 0 Å². The second kappa shape index (κ2) is 7.95. The van der Waals surface area contributed by atoms with Gasteiger partial charge in [-0.05, 0) is 31.4 Å². The Bertz CT molecular complexity index is 383. The van der Waals surface area contributed by atoms with Crippen LogP contribution in [0.25, 0.3) is 0 Å². The molecule has 2 atom stereocenters. The molecule has 0 fully saturated rings. The van der Waals surface area contributed by atoms with Crippen LogP contribution in [-0.4, -0.2) is 23.7 Å². The molecule has 5 heteroatoms. The molecule has 0 aliphatic rings. The molecule has 0 aliphatic carbocycles. The van der Waals surface area contributed by atoms with E-state index in [2.05, 4.69) is 5.32 Å². The normalized spacial score (nSPS) is 13.3. The monoisotopic (exact) mass is 272 g/mol. The molecular formula is C13H21ClN2O2. The minimum Gasteiger partial charge on any atom is -0.398 e. The van der Waals surface area contributed by atoms with E-state index in [-0.39, 0.29) is 30.3 Å². The van der Waals surface area contributed by atoms with Crippen molar-refractivity contribution >= 4 is 24.0 Å². The summed E-state index contributed by atoms with van der Waals surface area (Å²) in [7, 11) is 0. The first-order chi connectivity index (χ1) is 8.00. The minimum absolute atomic E-state index is 0. The van der Waals surface area contributed by atoms with E-state index in [1.54, 1.807) is 31.2 Å². The van der Waals surface area contributed by atoms with E-state index >= 15 is 0 Å². The Morgan fingerprint density at radius 2 is 2.00 bits per heavy atom. The second-order valence-corrected chi connectivity index (χ2v) is 4.49. The summed E-state index contributed by atoms with van der Waals surface area (Å²) in [6, 6.07) is 6.98. The quantitative estimate of drug-likeness (QED) is 0.716. The zero-order chi connectivity index (χ0) is 12.8. The lowest BCUT2D eigenvalue weighted by Gasteiger charge is -2.14. The molecule has 1 amide bonds. The fourth-order valence-electron chi connectivity index (χ4n) is 1.73. The van der Waals surface area contributed by atoms with Gasteiger partial charge in [0.2, 0.25) is 0 Å². The SMILES string of the molecule is CC(O)CC(C)CNC(=O)c1ccccc1N.Cl. The highest BCUT2D eigenvalue weighted by Gasteiger charge is 2.11. The van der Waals surface area contributed by atoms with E-state index < -0.39 is 0 Å². The molecular weight excluding hydrogens is 252 g/mol. The highest BCUT2D eigenvalue weighted by Crippen LogP contribution is 2.10.